The van der Waals surface area contributed by atoms with Gasteiger partial charge in [0.15, 0.2) is 28.4 Å². The summed E-state index contributed by atoms with van der Waals surface area (Å²) in [4.78, 5) is 30.3. The third-order valence-corrected chi connectivity index (χ3v) is 6.26. The molecule has 0 radical (unpaired) electrons. The lowest BCUT2D eigenvalue weighted by Gasteiger charge is -2.19. The molecule has 2 aromatic heterocycles. The number of benzene rings is 1. The van der Waals surface area contributed by atoms with Gasteiger partial charge in [0.25, 0.3) is 0 Å². The number of aliphatic hydroxyl groups excluding tert-OH is 2. The van der Waals surface area contributed by atoms with Crippen LogP contribution in [0.5, 0.6) is 0 Å². The van der Waals surface area contributed by atoms with Gasteiger partial charge in [-0.1, -0.05) is 23.9 Å². The Morgan fingerprint density at radius 1 is 1.22 bits per heavy atom. The Morgan fingerprint density at radius 3 is 2.62 bits per heavy atom. The number of phosphoric acid groups is 1. The predicted molar refractivity (Wildman–Crippen MR) is 110 cm³/mol. The first-order chi connectivity index (χ1) is 15.1. The second kappa shape index (κ2) is 9.00. The fraction of sp³-hybridized carbons (Fsp3) is 0.353. The predicted octanol–water partition coefficient (Wildman–Crippen LogP) is 0.568. The van der Waals surface area contributed by atoms with E-state index in [1.54, 1.807) is 12.1 Å². The zero-order valence-electron chi connectivity index (χ0n) is 16.2. The molecule has 1 saturated heterocycles. The Labute approximate surface area is 184 Å². The van der Waals surface area contributed by atoms with E-state index in [1.165, 1.54) is 34.8 Å². The number of hydrogen-bond donors (Lipinski definition) is 5. The van der Waals surface area contributed by atoms with Gasteiger partial charge in [-0.3, -0.25) is 9.09 Å². The molecule has 3 heterocycles. The number of nitrogen functional groups attached to an aromatic ring is 1. The molecule has 3 aromatic rings. The largest absolute Gasteiger partial charge is 0.469 e. The summed E-state index contributed by atoms with van der Waals surface area (Å²) < 4.78 is 35.7. The van der Waals surface area contributed by atoms with Crippen LogP contribution in [0.2, 0.25) is 0 Å². The number of hydrogen-bond acceptors (Lipinski definition) is 10. The molecule has 6 N–H and O–H groups in total. The lowest BCUT2D eigenvalue weighted by Crippen LogP contribution is -2.33. The van der Waals surface area contributed by atoms with Crippen LogP contribution in [-0.4, -0.2) is 64.4 Å². The molecule has 32 heavy (non-hydrogen) atoms. The topological polar surface area (TPSA) is 186 Å². The van der Waals surface area contributed by atoms with Crippen LogP contribution >= 0.6 is 19.6 Å². The van der Waals surface area contributed by atoms with Gasteiger partial charge in [-0.05, 0) is 17.7 Å². The molecule has 1 fully saturated rings. The average Bonchev–Trinajstić information content (AvgIpc) is 3.24. The quantitative estimate of drug-likeness (QED) is 0.231. The number of nitrogens with zero attached hydrogens (tertiary/aromatic N) is 4. The molecule has 0 spiro atoms. The first-order valence-corrected chi connectivity index (χ1v) is 11.7. The highest BCUT2D eigenvalue weighted by molar-refractivity contribution is 7.98. The van der Waals surface area contributed by atoms with Crippen molar-refractivity contribution in [3.8, 4) is 0 Å². The van der Waals surface area contributed by atoms with Crippen LogP contribution in [0.4, 0.5) is 10.2 Å². The van der Waals surface area contributed by atoms with E-state index in [-0.39, 0.29) is 22.8 Å². The molecular weight excluding hydrogens is 468 g/mol. The normalized spacial score (nSPS) is 23.8. The van der Waals surface area contributed by atoms with Gasteiger partial charge in [0, 0.05) is 5.75 Å². The first kappa shape index (κ1) is 23.0. The number of rotatable bonds is 7. The third-order valence-electron chi connectivity index (χ3n) is 4.75. The molecule has 0 bridgehead atoms. The molecule has 4 rings (SSSR count). The van der Waals surface area contributed by atoms with Crippen LogP contribution < -0.4 is 5.73 Å². The number of anilines is 1. The van der Waals surface area contributed by atoms with Crippen molar-refractivity contribution in [1.82, 2.24) is 19.5 Å². The fourth-order valence-electron chi connectivity index (χ4n) is 3.22. The van der Waals surface area contributed by atoms with Crippen molar-refractivity contribution in [3.05, 3.63) is 42.0 Å². The lowest BCUT2D eigenvalue weighted by atomic mass is 10.1. The molecule has 1 aliphatic heterocycles. The summed E-state index contributed by atoms with van der Waals surface area (Å²) in [6.45, 7) is -0.652. The highest BCUT2D eigenvalue weighted by atomic mass is 32.2. The Balaban J connectivity index is 1.66. The van der Waals surface area contributed by atoms with Gasteiger partial charge in [-0.25, -0.2) is 23.9 Å². The van der Waals surface area contributed by atoms with Crippen LogP contribution in [0, 0.1) is 5.82 Å². The summed E-state index contributed by atoms with van der Waals surface area (Å²) in [5, 5.41) is 21.3. The van der Waals surface area contributed by atoms with Crippen molar-refractivity contribution in [2.45, 2.75) is 35.4 Å². The van der Waals surface area contributed by atoms with E-state index in [9.17, 15) is 19.2 Å². The standard InChI is InChI=1S/C17H19FN5O7PS/c18-9-3-1-8(2-4-9)6-32-17-22-11-14(19)20-7-21-15(11)23(17)16-13(25)12(24)10(30-16)5-29-31(26,27)28/h1-4,7,10,12-13,16,24-25H,5-6H2,(H2,19,20,21)(H2,26,27,28). The maximum absolute atomic E-state index is 13.2. The second-order valence-electron chi connectivity index (χ2n) is 6.94. The highest BCUT2D eigenvalue weighted by Crippen LogP contribution is 2.40. The first-order valence-electron chi connectivity index (χ1n) is 9.21. The maximum Gasteiger partial charge on any atom is 0.469 e. The van der Waals surface area contributed by atoms with Gasteiger partial charge in [0.2, 0.25) is 0 Å². The summed E-state index contributed by atoms with van der Waals surface area (Å²) in [6, 6.07) is 5.88. The lowest BCUT2D eigenvalue weighted by molar-refractivity contribution is -0.0541. The molecule has 0 amide bonds. The molecule has 0 aliphatic carbocycles. The van der Waals surface area contributed by atoms with Crippen LogP contribution in [0.1, 0.15) is 11.8 Å². The van der Waals surface area contributed by atoms with Gasteiger partial charge < -0.3 is 30.5 Å². The van der Waals surface area contributed by atoms with E-state index < -0.39 is 39.0 Å². The summed E-state index contributed by atoms with van der Waals surface area (Å²) in [5.74, 6) is 0.105. The minimum absolute atomic E-state index is 0.0896. The van der Waals surface area contributed by atoms with Crippen LogP contribution in [0.15, 0.2) is 35.7 Å². The minimum Gasteiger partial charge on any atom is -0.387 e. The number of thioether (sulfide) groups is 1. The van der Waals surface area contributed by atoms with Crippen molar-refractivity contribution in [2.75, 3.05) is 12.3 Å². The Morgan fingerprint density at radius 2 is 1.94 bits per heavy atom. The van der Waals surface area contributed by atoms with Gasteiger partial charge >= 0.3 is 7.82 Å². The molecular formula is C17H19FN5O7PS. The van der Waals surface area contributed by atoms with E-state index in [0.29, 0.717) is 10.9 Å². The summed E-state index contributed by atoms with van der Waals surface area (Å²) in [6.07, 6.45) is -4.21. The maximum atomic E-state index is 13.2. The molecule has 1 aliphatic rings. The fourth-order valence-corrected chi connectivity index (χ4v) is 4.53. The van der Waals surface area contributed by atoms with E-state index in [0.717, 1.165) is 5.56 Å². The average molecular weight is 487 g/mol. The smallest absolute Gasteiger partial charge is 0.387 e. The van der Waals surface area contributed by atoms with Gasteiger partial charge in [0.1, 0.15) is 30.5 Å². The van der Waals surface area contributed by atoms with E-state index >= 15 is 0 Å². The van der Waals surface area contributed by atoms with Gasteiger partial charge in [-0.2, -0.15) is 0 Å². The summed E-state index contributed by atoms with van der Waals surface area (Å²) in [7, 11) is -4.81. The molecule has 12 nitrogen and oxygen atoms in total. The zero-order valence-corrected chi connectivity index (χ0v) is 17.9. The molecule has 4 unspecified atom stereocenters. The molecule has 0 saturated carbocycles. The van der Waals surface area contributed by atoms with Crippen molar-refractivity contribution < 1.29 is 38.2 Å². The summed E-state index contributed by atoms with van der Waals surface area (Å²) in [5.41, 5.74) is 7.18. The highest BCUT2D eigenvalue weighted by Gasteiger charge is 2.46. The molecule has 4 atom stereocenters. The minimum atomic E-state index is -4.81. The van der Waals surface area contributed by atoms with Crippen molar-refractivity contribution in [2.24, 2.45) is 0 Å². The zero-order chi connectivity index (χ0) is 23.0. The van der Waals surface area contributed by atoms with Gasteiger partial charge in [-0.15, -0.1) is 0 Å². The number of imidazole rings is 1. The molecule has 1 aromatic carbocycles. The Kier molecular flexibility index (Phi) is 6.47. The number of ether oxygens (including phenoxy) is 1. The van der Waals surface area contributed by atoms with Gasteiger partial charge in [0.05, 0.1) is 6.61 Å². The number of aliphatic hydroxyl groups is 2. The molecule has 172 valence electrons. The van der Waals surface area contributed by atoms with Crippen LogP contribution in [-0.2, 0) is 19.6 Å². The van der Waals surface area contributed by atoms with Crippen molar-refractivity contribution >= 4 is 36.6 Å². The third kappa shape index (κ3) is 4.77. The number of aromatic nitrogens is 4. The Bertz CT molecular complexity index is 1160. The second-order valence-corrected chi connectivity index (χ2v) is 9.13. The Hall–Kier alpha value is -2.16. The van der Waals surface area contributed by atoms with Crippen LogP contribution in [0.25, 0.3) is 11.2 Å². The SMILES string of the molecule is Nc1ncnc2c1nc(SCc1ccc(F)cc1)n2C1OC(COP(=O)(O)O)C(O)C1O. The van der Waals surface area contributed by atoms with Crippen LogP contribution in [0.3, 0.4) is 0 Å². The van der Waals surface area contributed by atoms with E-state index in [1.807, 2.05) is 0 Å². The monoisotopic (exact) mass is 487 g/mol. The van der Waals surface area contributed by atoms with Crippen molar-refractivity contribution in [1.29, 1.82) is 0 Å². The number of halogens is 1. The summed E-state index contributed by atoms with van der Waals surface area (Å²) >= 11 is 1.23. The van der Waals surface area contributed by atoms with Crippen molar-refractivity contribution in [3.63, 3.8) is 0 Å². The number of nitrogens with two attached hydrogens (primary N) is 1. The molecule has 15 heteroatoms. The van der Waals surface area contributed by atoms with E-state index in [2.05, 4.69) is 19.5 Å². The number of phosphoric ester groups is 1. The van der Waals surface area contributed by atoms with E-state index in [4.69, 9.17) is 20.3 Å². The number of fused-ring (bicyclic) bond motifs is 1.